The molecule has 40 heavy (non-hydrogen) atoms. The Morgan fingerprint density at radius 2 is 1.52 bits per heavy atom. The topological polar surface area (TPSA) is 163 Å². The van der Waals surface area contributed by atoms with Crippen LogP contribution in [0.3, 0.4) is 0 Å². The molecule has 6 N–H and O–H groups in total. The van der Waals surface area contributed by atoms with E-state index in [1.807, 2.05) is 50.2 Å². The van der Waals surface area contributed by atoms with Crippen LogP contribution in [0.2, 0.25) is 0 Å². The second-order valence-corrected chi connectivity index (χ2v) is 9.94. The number of nitrogens with zero attached hydrogens (tertiary/aromatic N) is 1. The fourth-order valence-electron chi connectivity index (χ4n) is 4.05. The molecular weight excluding hydrogens is 514 g/mol. The minimum absolute atomic E-state index is 0.0293. The van der Waals surface area contributed by atoms with E-state index in [4.69, 9.17) is 10.5 Å². The van der Waals surface area contributed by atoms with E-state index >= 15 is 0 Å². The van der Waals surface area contributed by atoms with Crippen LogP contribution in [0, 0.1) is 5.92 Å². The van der Waals surface area contributed by atoms with E-state index in [0.717, 1.165) is 11.1 Å². The standard InChI is InChI=1S/C29H41N5O6/c1-4-31-28(38)34(17-20(2)3)18-25(35)23(15-21-11-7-5-8-12-21)32-27(37)24(16-26(30)36)33-29(39)40-19-22-13-9-6-10-14-22/h5-14,20,23-25,35H,4,15-19H2,1-3H3,(H2,30,36)(H,31,38)(H,32,37)(H,33,39)/t23-,24-,25+/m0/s1. The van der Waals surface area contributed by atoms with Crippen LogP contribution < -0.4 is 21.7 Å². The van der Waals surface area contributed by atoms with E-state index in [-0.39, 0.29) is 31.5 Å². The summed E-state index contributed by atoms with van der Waals surface area (Å²) < 4.78 is 5.19. The van der Waals surface area contributed by atoms with Crippen LogP contribution in [0.15, 0.2) is 60.7 Å². The van der Waals surface area contributed by atoms with Gasteiger partial charge in [-0.15, -0.1) is 0 Å². The van der Waals surface area contributed by atoms with E-state index in [0.29, 0.717) is 13.1 Å². The quantitative estimate of drug-likeness (QED) is 0.225. The smallest absolute Gasteiger partial charge is 0.408 e. The molecule has 3 atom stereocenters. The van der Waals surface area contributed by atoms with E-state index in [1.165, 1.54) is 4.90 Å². The number of amides is 5. The Balaban J connectivity index is 2.18. The van der Waals surface area contributed by atoms with Crippen LogP contribution in [-0.2, 0) is 27.4 Å². The summed E-state index contributed by atoms with van der Waals surface area (Å²) in [5.41, 5.74) is 6.93. The third kappa shape index (κ3) is 11.7. The Hall–Kier alpha value is -4.12. The average molecular weight is 556 g/mol. The van der Waals surface area contributed by atoms with Crippen molar-refractivity contribution < 1.29 is 29.0 Å². The van der Waals surface area contributed by atoms with Gasteiger partial charge in [0.25, 0.3) is 0 Å². The van der Waals surface area contributed by atoms with Crippen molar-refractivity contribution in [2.45, 2.75) is 58.4 Å². The minimum atomic E-state index is -1.33. The van der Waals surface area contributed by atoms with Crippen molar-refractivity contribution in [3.63, 3.8) is 0 Å². The van der Waals surface area contributed by atoms with Gasteiger partial charge in [0, 0.05) is 13.1 Å². The summed E-state index contributed by atoms with van der Waals surface area (Å²) in [6.07, 6.45) is -2.30. The third-order valence-corrected chi connectivity index (χ3v) is 5.93. The molecular formula is C29H41N5O6. The fraction of sp³-hybridized carbons (Fsp3) is 0.448. The molecule has 0 bridgehead atoms. The highest BCUT2D eigenvalue weighted by atomic mass is 16.5. The molecule has 11 nitrogen and oxygen atoms in total. The Labute approximate surface area is 235 Å². The molecule has 0 aliphatic heterocycles. The number of carbonyl (C=O) groups excluding carboxylic acids is 4. The highest BCUT2D eigenvalue weighted by Crippen LogP contribution is 2.11. The second kappa shape index (κ2) is 16.8. The Morgan fingerprint density at radius 1 is 0.925 bits per heavy atom. The lowest BCUT2D eigenvalue weighted by Gasteiger charge is -2.32. The summed E-state index contributed by atoms with van der Waals surface area (Å²) in [6.45, 7) is 6.46. The molecule has 2 aromatic rings. The lowest BCUT2D eigenvalue weighted by Crippen LogP contribution is -2.57. The highest BCUT2D eigenvalue weighted by Gasteiger charge is 2.30. The van der Waals surface area contributed by atoms with Gasteiger partial charge in [0.15, 0.2) is 0 Å². The first-order valence-electron chi connectivity index (χ1n) is 13.4. The van der Waals surface area contributed by atoms with Gasteiger partial charge in [-0.3, -0.25) is 9.59 Å². The minimum Gasteiger partial charge on any atom is -0.445 e. The largest absolute Gasteiger partial charge is 0.445 e. The van der Waals surface area contributed by atoms with Gasteiger partial charge in [0.05, 0.1) is 25.1 Å². The van der Waals surface area contributed by atoms with Gasteiger partial charge in [-0.2, -0.15) is 0 Å². The number of aliphatic hydroxyl groups excluding tert-OH is 1. The van der Waals surface area contributed by atoms with Gasteiger partial charge >= 0.3 is 12.1 Å². The number of hydrogen-bond acceptors (Lipinski definition) is 6. The molecule has 11 heteroatoms. The maximum absolute atomic E-state index is 13.3. The Morgan fingerprint density at radius 3 is 2.08 bits per heavy atom. The van der Waals surface area contributed by atoms with Crippen LogP contribution >= 0.6 is 0 Å². The van der Waals surface area contributed by atoms with E-state index in [1.54, 1.807) is 31.2 Å². The number of ether oxygens (including phenoxy) is 1. The van der Waals surface area contributed by atoms with Crippen LogP contribution in [0.4, 0.5) is 9.59 Å². The van der Waals surface area contributed by atoms with Crippen molar-refractivity contribution >= 4 is 23.9 Å². The molecule has 5 amide bonds. The zero-order valence-electron chi connectivity index (χ0n) is 23.3. The number of aliphatic hydroxyl groups is 1. The van der Waals surface area contributed by atoms with Crippen molar-refractivity contribution in [2.75, 3.05) is 19.6 Å². The molecule has 0 spiro atoms. The summed E-state index contributed by atoms with van der Waals surface area (Å²) in [5, 5.41) is 19.1. The number of carbonyl (C=O) groups is 4. The molecule has 0 saturated carbocycles. The number of hydrogen-bond donors (Lipinski definition) is 5. The number of rotatable bonds is 15. The van der Waals surface area contributed by atoms with E-state index in [9.17, 15) is 24.3 Å². The average Bonchev–Trinajstić information content (AvgIpc) is 2.91. The highest BCUT2D eigenvalue weighted by molar-refractivity contribution is 5.90. The van der Waals surface area contributed by atoms with Crippen molar-refractivity contribution in [1.82, 2.24) is 20.9 Å². The molecule has 0 aromatic heterocycles. The zero-order chi connectivity index (χ0) is 29.5. The monoisotopic (exact) mass is 555 g/mol. The summed E-state index contributed by atoms with van der Waals surface area (Å²) in [7, 11) is 0. The number of nitrogens with one attached hydrogen (secondary N) is 3. The summed E-state index contributed by atoms with van der Waals surface area (Å²) in [5.74, 6) is -1.38. The van der Waals surface area contributed by atoms with Crippen molar-refractivity contribution in [2.24, 2.45) is 11.7 Å². The molecule has 218 valence electrons. The van der Waals surface area contributed by atoms with Crippen LogP contribution in [0.1, 0.15) is 38.3 Å². The van der Waals surface area contributed by atoms with Gasteiger partial charge in [-0.25, -0.2) is 9.59 Å². The number of benzene rings is 2. The number of primary amides is 1. The molecule has 2 rings (SSSR count). The predicted octanol–water partition coefficient (Wildman–Crippen LogP) is 1.93. The SMILES string of the molecule is CCNC(=O)N(CC(C)C)C[C@@H](O)[C@H](Cc1ccccc1)NC(=O)[C@H](CC(N)=O)NC(=O)OCc1ccccc1. The molecule has 0 aliphatic rings. The van der Waals surface area contributed by atoms with Gasteiger partial charge < -0.3 is 36.4 Å². The van der Waals surface area contributed by atoms with Gasteiger partial charge in [0.2, 0.25) is 11.8 Å². The van der Waals surface area contributed by atoms with Crippen molar-refractivity contribution in [3.05, 3.63) is 71.8 Å². The van der Waals surface area contributed by atoms with E-state index < -0.39 is 42.5 Å². The number of alkyl carbamates (subject to hydrolysis) is 1. The van der Waals surface area contributed by atoms with Gasteiger partial charge in [0.1, 0.15) is 12.6 Å². The maximum atomic E-state index is 13.3. The molecule has 0 aliphatic carbocycles. The number of urea groups is 1. The predicted molar refractivity (Wildman–Crippen MR) is 151 cm³/mol. The van der Waals surface area contributed by atoms with E-state index in [2.05, 4.69) is 16.0 Å². The van der Waals surface area contributed by atoms with Crippen LogP contribution in [0.5, 0.6) is 0 Å². The summed E-state index contributed by atoms with van der Waals surface area (Å²) in [6, 6.07) is 15.7. The second-order valence-electron chi connectivity index (χ2n) is 9.94. The Bertz CT molecular complexity index is 1080. The van der Waals surface area contributed by atoms with Gasteiger partial charge in [-0.05, 0) is 30.4 Å². The van der Waals surface area contributed by atoms with Crippen LogP contribution in [-0.4, -0.2) is 71.8 Å². The molecule has 0 heterocycles. The number of nitrogens with two attached hydrogens (primary N) is 1. The molecule has 0 fully saturated rings. The van der Waals surface area contributed by atoms with Crippen molar-refractivity contribution in [3.8, 4) is 0 Å². The first kappa shape index (κ1) is 32.1. The summed E-state index contributed by atoms with van der Waals surface area (Å²) in [4.78, 5) is 51.6. The van der Waals surface area contributed by atoms with Crippen LogP contribution in [0.25, 0.3) is 0 Å². The maximum Gasteiger partial charge on any atom is 0.408 e. The van der Waals surface area contributed by atoms with Gasteiger partial charge in [-0.1, -0.05) is 74.5 Å². The molecule has 0 unspecified atom stereocenters. The Kier molecular flexibility index (Phi) is 13.4. The zero-order valence-corrected chi connectivity index (χ0v) is 23.3. The lowest BCUT2D eigenvalue weighted by atomic mass is 9.99. The van der Waals surface area contributed by atoms with Crippen molar-refractivity contribution in [1.29, 1.82) is 0 Å². The molecule has 0 radical (unpaired) electrons. The fourth-order valence-corrected chi connectivity index (χ4v) is 4.05. The molecule has 0 saturated heterocycles. The summed E-state index contributed by atoms with van der Waals surface area (Å²) >= 11 is 0. The third-order valence-electron chi connectivity index (χ3n) is 5.93. The lowest BCUT2D eigenvalue weighted by molar-refractivity contribution is -0.128. The first-order valence-corrected chi connectivity index (χ1v) is 13.4. The normalized spacial score (nSPS) is 13.0. The first-order chi connectivity index (χ1) is 19.1. The molecule has 2 aromatic carbocycles.